The monoisotopic (exact) mass is 483 g/mol. The summed E-state index contributed by atoms with van der Waals surface area (Å²) in [5, 5.41) is 15.5. The van der Waals surface area contributed by atoms with Gasteiger partial charge >= 0.3 is 0 Å². The summed E-state index contributed by atoms with van der Waals surface area (Å²) in [6, 6.07) is 24.5. The zero-order chi connectivity index (χ0) is 24.5. The molecule has 1 N–H and O–H groups in total. The Bertz CT molecular complexity index is 1370. The van der Waals surface area contributed by atoms with Gasteiger partial charge < -0.3 is 14.8 Å². The molecule has 7 nitrogen and oxygen atoms in total. The average molecular weight is 484 g/mol. The molecule has 2 aromatic carbocycles. The van der Waals surface area contributed by atoms with Crippen molar-refractivity contribution in [1.29, 1.82) is 0 Å². The molecule has 1 saturated heterocycles. The topological polar surface area (TPSA) is 76.2 Å². The molecule has 0 saturated carbocycles. The molecular formula is C27H25N5O2S. The molecule has 1 aliphatic heterocycles. The summed E-state index contributed by atoms with van der Waals surface area (Å²) in [6.45, 7) is 4.34. The lowest BCUT2D eigenvalue weighted by atomic mass is 9.99. The summed E-state index contributed by atoms with van der Waals surface area (Å²) in [5.41, 5.74) is 4.80. The Morgan fingerprint density at radius 1 is 1.00 bits per heavy atom. The van der Waals surface area contributed by atoms with Crippen molar-refractivity contribution in [3.63, 3.8) is 0 Å². The summed E-state index contributed by atoms with van der Waals surface area (Å²) in [7, 11) is 0. The molecule has 5 rings (SSSR count). The Hall–Kier alpha value is -4.04. The normalized spacial score (nSPS) is 17.6. The predicted octanol–water partition coefficient (Wildman–Crippen LogP) is 6.08. The van der Waals surface area contributed by atoms with Crippen molar-refractivity contribution >= 4 is 28.7 Å². The highest BCUT2D eigenvalue weighted by molar-refractivity contribution is 7.80. The first-order valence-electron chi connectivity index (χ1n) is 11.5. The number of non-ortho nitro benzene ring substituents is 1. The maximum Gasteiger partial charge on any atom is 0.271 e. The van der Waals surface area contributed by atoms with Crippen molar-refractivity contribution in [1.82, 2.24) is 14.9 Å². The van der Waals surface area contributed by atoms with E-state index in [9.17, 15) is 10.1 Å². The lowest BCUT2D eigenvalue weighted by Crippen LogP contribution is -2.30. The zero-order valence-electron chi connectivity index (χ0n) is 19.4. The number of aromatic nitrogens is 2. The third kappa shape index (κ3) is 4.28. The van der Waals surface area contributed by atoms with E-state index in [-0.39, 0.29) is 22.7 Å². The number of rotatable bonds is 6. The number of hydrogen-bond donors (Lipinski definition) is 1. The Morgan fingerprint density at radius 2 is 1.80 bits per heavy atom. The van der Waals surface area contributed by atoms with Gasteiger partial charge in [0.25, 0.3) is 5.69 Å². The van der Waals surface area contributed by atoms with Crippen LogP contribution in [-0.2, 0) is 0 Å². The lowest BCUT2D eigenvalue weighted by Gasteiger charge is -2.29. The van der Waals surface area contributed by atoms with Crippen LogP contribution in [0, 0.1) is 10.1 Å². The number of nitro groups is 1. The van der Waals surface area contributed by atoms with Crippen molar-refractivity contribution < 1.29 is 4.92 Å². The molecule has 1 aliphatic rings. The Labute approximate surface area is 209 Å². The van der Waals surface area contributed by atoms with Crippen molar-refractivity contribution in [2.75, 3.05) is 4.90 Å². The smallest absolute Gasteiger partial charge is 0.271 e. The van der Waals surface area contributed by atoms with Gasteiger partial charge in [-0.1, -0.05) is 38.1 Å². The standard InChI is InChI=1S/C27H25N5O2S/c1-18(2)19-11-13-20(14-12-19)31-26(25(29-27(31)35)23-9-3-4-15-28-23)24-10-6-16-30(24)21-7-5-8-22(17-21)32(33)34/h3-18,25-26H,1-2H3,(H,29,35)/t25-,26-/m1/s1. The first-order chi connectivity index (χ1) is 16.9. The van der Waals surface area contributed by atoms with Crippen LogP contribution in [0.25, 0.3) is 5.69 Å². The molecular weight excluding hydrogens is 458 g/mol. The minimum Gasteiger partial charge on any atom is -0.351 e. The molecule has 35 heavy (non-hydrogen) atoms. The Morgan fingerprint density at radius 3 is 2.49 bits per heavy atom. The van der Waals surface area contributed by atoms with E-state index in [0.717, 1.165) is 17.1 Å². The molecule has 1 fully saturated rings. The van der Waals surface area contributed by atoms with E-state index in [2.05, 4.69) is 53.3 Å². The Balaban J connectivity index is 1.64. The van der Waals surface area contributed by atoms with Gasteiger partial charge in [-0.3, -0.25) is 15.1 Å². The third-order valence-corrected chi connectivity index (χ3v) is 6.65. The summed E-state index contributed by atoms with van der Waals surface area (Å²) in [5.74, 6) is 0.427. The van der Waals surface area contributed by atoms with Crippen LogP contribution in [0.2, 0.25) is 0 Å². The van der Waals surface area contributed by atoms with Crippen LogP contribution in [-0.4, -0.2) is 19.6 Å². The van der Waals surface area contributed by atoms with Crippen molar-refractivity contribution in [3.8, 4) is 5.69 Å². The van der Waals surface area contributed by atoms with E-state index in [0.29, 0.717) is 16.7 Å². The second kappa shape index (κ2) is 9.31. The molecule has 0 unspecified atom stereocenters. The van der Waals surface area contributed by atoms with Crippen LogP contribution in [0.3, 0.4) is 0 Å². The first kappa shape index (κ1) is 22.7. The molecule has 4 aromatic rings. The molecule has 176 valence electrons. The van der Waals surface area contributed by atoms with Gasteiger partial charge in [0.2, 0.25) is 0 Å². The number of benzene rings is 2. The summed E-state index contributed by atoms with van der Waals surface area (Å²) in [4.78, 5) is 17.8. The van der Waals surface area contributed by atoms with Gasteiger partial charge in [0.05, 0.1) is 22.3 Å². The van der Waals surface area contributed by atoms with E-state index in [4.69, 9.17) is 12.2 Å². The molecule has 2 aromatic heterocycles. The zero-order valence-corrected chi connectivity index (χ0v) is 20.2. The lowest BCUT2D eigenvalue weighted by molar-refractivity contribution is -0.384. The van der Waals surface area contributed by atoms with Crippen LogP contribution >= 0.6 is 12.2 Å². The van der Waals surface area contributed by atoms with E-state index >= 15 is 0 Å². The molecule has 8 heteroatoms. The van der Waals surface area contributed by atoms with Crippen LogP contribution < -0.4 is 10.2 Å². The van der Waals surface area contributed by atoms with Gasteiger partial charge in [0, 0.05) is 35.9 Å². The number of hydrogen-bond acceptors (Lipinski definition) is 4. The summed E-state index contributed by atoms with van der Waals surface area (Å²) < 4.78 is 1.98. The van der Waals surface area contributed by atoms with Gasteiger partial charge in [0.1, 0.15) is 6.04 Å². The van der Waals surface area contributed by atoms with Crippen LogP contribution in [0.5, 0.6) is 0 Å². The largest absolute Gasteiger partial charge is 0.351 e. The highest BCUT2D eigenvalue weighted by Gasteiger charge is 2.42. The molecule has 2 atom stereocenters. The van der Waals surface area contributed by atoms with Gasteiger partial charge in [-0.05, 0) is 66.2 Å². The van der Waals surface area contributed by atoms with E-state index in [1.54, 1.807) is 18.3 Å². The van der Waals surface area contributed by atoms with Crippen LogP contribution in [0.15, 0.2) is 91.3 Å². The predicted molar refractivity (Wildman–Crippen MR) is 141 cm³/mol. The molecule has 0 aliphatic carbocycles. The number of nitrogens with one attached hydrogen (secondary N) is 1. The van der Waals surface area contributed by atoms with Gasteiger partial charge in [0.15, 0.2) is 5.11 Å². The van der Waals surface area contributed by atoms with Crippen molar-refractivity contribution in [2.45, 2.75) is 31.8 Å². The first-order valence-corrected chi connectivity index (χ1v) is 11.9. The minimum absolute atomic E-state index is 0.0459. The highest BCUT2D eigenvalue weighted by Crippen LogP contribution is 2.42. The van der Waals surface area contributed by atoms with Crippen LogP contribution in [0.1, 0.15) is 48.8 Å². The van der Waals surface area contributed by atoms with Crippen molar-refractivity contribution in [3.05, 3.63) is 118 Å². The fourth-order valence-electron chi connectivity index (χ4n) is 4.58. The van der Waals surface area contributed by atoms with Crippen molar-refractivity contribution in [2.24, 2.45) is 0 Å². The third-order valence-electron chi connectivity index (χ3n) is 6.34. The highest BCUT2D eigenvalue weighted by atomic mass is 32.1. The number of pyridine rings is 1. The van der Waals surface area contributed by atoms with Gasteiger partial charge in [-0.25, -0.2) is 0 Å². The van der Waals surface area contributed by atoms with E-state index < -0.39 is 0 Å². The fraction of sp³-hybridized carbons (Fsp3) is 0.185. The Kier molecular flexibility index (Phi) is 6.05. The average Bonchev–Trinajstić information content (AvgIpc) is 3.49. The van der Waals surface area contributed by atoms with Gasteiger partial charge in [-0.15, -0.1) is 0 Å². The molecule has 3 heterocycles. The van der Waals surface area contributed by atoms with Gasteiger partial charge in [-0.2, -0.15) is 0 Å². The number of anilines is 1. The number of nitro benzene ring substituents is 1. The second-order valence-electron chi connectivity index (χ2n) is 8.82. The summed E-state index contributed by atoms with van der Waals surface area (Å²) >= 11 is 5.84. The quantitative estimate of drug-likeness (QED) is 0.203. The maximum atomic E-state index is 11.4. The SMILES string of the molecule is CC(C)c1ccc(N2C(=S)N[C@H](c3ccccn3)[C@H]2c2cccn2-c2cccc([N+](=O)[O-])c2)cc1. The summed E-state index contributed by atoms with van der Waals surface area (Å²) in [6.07, 6.45) is 3.70. The second-order valence-corrected chi connectivity index (χ2v) is 9.21. The molecule has 0 spiro atoms. The molecule has 0 amide bonds. The van der Waals surface area contributed by atoms with E-state index in [1.807, 2.05) is 47.2 Å². The number of nitrogens with zero attached hydrogens (tertiary/aromatic N) is 4. The van der Waals surface area contributed by atoms with Crippen LogP contribution in [0.4, 0.5) is 11.4 Å². The van der Waals surface area contributed by atoms with E-state index in [1.165, 1.54) is 11.6 Å². The molecule has 0 bridgehead atoms. The fourth-order valence-corrected chi connectivity index (χ4v) is 4.93. The number of thiocarbonyl (C=S) groups is 1. The molecule has 0 radical (unpaired) electrons. The minimum atomic E-state index is -0.377. The maximum absolute atomic E-state index is 11.4.